The van der Waals surface area contributed by atoms with Gasteiger partial charge in [0.15, 0.2) is 0 Å². The average molecular weight is 373 g/mol. The van der Waals surface area contributed by atoms with Gasteiger partial charge in [-0.25, -0.2) is 0 Å². The van der Waals surface area contributed by atoms with Crippen LogP contribution in [-0.2, 0) is 22.3 Å². The molecular formula is C16H18F3N3O4. The summed E-state index contributed by atoms with van der Waals surface area (Å²) in [7, 11) is 1.41. The minimum absolute atomic E-state index is 0.133. The summed E-state index contributed by atoms with van der Waals surface area (Å²) >= 11 is 0. The number of hydrogen-bond acceptors (Lipinski definition) is 6. The number of carbonyl (C=O) groups excluding carboxylic acids is 1. The number of amides is 1. The Bertz CT molecular complexity index is 731. The highest BCUT2D eigenvalue weighted by molar-refractivity contribution is 5.80. The summed E-state index contributed by atoms with van der Waals surface area (Å²) in [5, 5.41) is 12.4. The van der Waals surface area contributed by atoms with E-state index in [9.17, 15) is 18.0 Å². The summed E-state index contributed by atoms with van der Waals surface area (Å²) in [6, 6.07) is 6.32. The summed E-state index contributed by atoms with van der Waals surface area (Å²) in [5.41, 5.74) is 1.07. The van der Waals surface area contributed by atoms with Crippen molar-refractivity contribution in [2.45, 2.75) is 25.7 Å². The molecule has 1 atom stereocenters. The normalized spacial score (nSPS) is 12.8. The van der Waals surface area contributed by atoms with Crippen LogP contribution in [-0.4, -0.2) is 52.4 Å². The number of aromatic nitrogens is 2. The summed E-state index contributed by atoms with van der Waals surface area (Å²) in [4.78, 5) is 17.0. The van der Waals surface area contributed by atoms with Crippen molar-refractivity contribution in [1.29, 1.82) is 0 Å². The molecule has 10 heteroatoms. The third-order valence-electron chi connectivity index (χ3n) is 3.64. The number of nitrogens with zero attached hydrogens (tertiary/aromatic N) is 3. The zero-order chi connectivity index (χ0) is 19.3. The Morgan fingerprint density at radius 3 is 2.50 bits per heavy atom. The van der Waals surface area contributed by atoms with Gasteiger partial charge in [-0.1, -0.05) is 29.4 Å². The van der Waals surface area contributed by atoms with Gasteiger partial charge in [0.1, 0.15) is 6.10 Å². The predicted molar refractivity (Wildman–Crippen MR) is 83.7 cm³/mol. The van der Waals surface area contributed by atoms with Crippen molar-refractivity contribution >= 4 is 5.91 Å². The molecule has 0 aliphatic heterocycles. The zero-order valence-electron chi connectivity index (χ0n) is 14.2. The van der Waals surface area contributed by atoms with Crippen LogP contribution in [0, 0.1) is 0 Å². The number of benzene rings is 1. The van der Waals surface area contributed by atoms with Crippen molar-refractivity contribution in [1.82, 2.24) is 15.0 Å². The van der Waals surface area contributed by atoms with Crippen molar-refractivity contribution in [3.63, 3.8) is 0 Å². The number of ether oxygens (including phenoxy) is 1. The van der Waals surface area contributed by atoms with Crippen molar-refractivity contribution in [3.8, 4) is 11.4 Å². The summed E-state index contributed by atoms with van der Waals surface area (Å²) < 4.78 is 46.7. The molecule has 26 heavy (non-hydrogen) atoms. The van der Waals surface area contributed by atoms with Gasteiger partial charge in [0.05, 0.1) is 6.61 Å². The predicted octanol–water partition coefficient (Wildman–Crippen LogP) is 2.11. The molecule has 1 aromatic heterocycles. The van der Waals surface area contributed by atoms with Gasteiger partial charge in [0.2, 0.25) is 5.82 Å². The van der Waals surface area contributed by atoms with Crippen molar-refractivity contribution in [2.75, 3.05) is 20.3 Å². The third kappa shape index (κ3) is 4.79. The van der Waals surface area contributed by atoms with Crippen LogP contribution in [0.3, 0.4) is 0 Å². The number of rotatable bonds is 7. The van der Waals surface area contributed by atoms with Crippen LogP contribution < -0.4 is 0 Å². The number of hydrogen-bond donors (Lipinski definition) is 1. The first-order chi connectivity index (χ1) is 12.3. The van der Waals surface area contributed by atoms with Crippen LogP contribution in [0.15, 0.2) is 28.8 Å². The molecule has 1 unspecified atom stereocenters. The lowest BCUT2D eigenvalue weighted by Gasteiger charge is -2.24. The quantitative estimate of drug-likeness (QED) is 0.800. The maximum Gasteiger partial charge on any atom is 0.471 e. The lowest BCUT2D eigenvalue weighted by molar-refractivity contribution is -0.159. The standard InChI is InChI=1S/C16H18F3N3O4/c1-10(25-2)14(24)22(7-8-23)9-11-3-5-12(6-4-11)13-20-15(26-21-13)16(17,18)19/h3-6,10,23H,7-9H2,1-2H3. The van der Waals surface area contributed by atoms with Crippen LogP contribution in [0.1, 0.15) is 18.4 Å². The molecule has 0 bridgehead atoms. The van der Waals surface area contributed by atoms with Crippen LogP contribution in [0.5, 0.6) is 0 Å². The Labute approximate surface area is 147 Å². The highest BCUT2D eigenvalue weighted by Gasteiger charge is 2.38. The highest BCUT2D eigenvalue weighted by Crippen LogP contribution is 2.29. The first-order valence-corrected chi connectivity index (χ1v) is 7.69. The van der Waals surface area contributed by atoms with Gasteiger partial charge in [-0.15, -0.1) is 0 Å². The maximum absolute atomic E-state index is 12.5. The molecule has 1 heterocycles. The fraction of sp³-hybridized carbons (Fsp3) is 0.438. The fourth-order valence-electron chi connectivity index (χ4n) is 2.18. The molecular weight excluding hydrogens is 355 g/mol. The second kappa shape index (κ2) is 8.28. The van der Waals surface area contributed by atoms with Gasteiger partial charge < -0.3 is 19.3 Å². The van der Waals surface area contributed by atoms with Gasteiger partial charge in [-0.2, -0.15) is 18.2 Å². The summed E-state index contributed by atoms with van der Waals surface area (Å²) in [5.74, 6) is -1.87. The van der Waals surface area contributed by atoms with E-state index < -0.39 is 18.2 Å². The van der Waals surface area contributed by atoms with E-state index in [2.05, 4.69) is 14.7 Å². The van der Waals surface area contributed by atoms with Gasteiger partial charge >= 0.3 is 12.1 Å². The van der Waals surface area contributed by atoms with E-state index in [1.54, 1.807) is 19.1 Å². The second-order valence-electron chi connectivity index (χ2n) is 5.48. The molecule has 1 N–H and O–H groups in total. The molecule has 1 aromatic carbocycles. The van der Waals surface area contributed by atoms with E-state index in [4.69, 9.17) is 9.84 Å². The van der Waals surface area contributed by atoms with Crippen molar-refractivity contribution < 1.29 is 32.3 Å². The van der Waals surface area contributed by atoms with Crippen LogP contribution in [0.4, 0.5) is 13.2 Å². The molecule has 7 nitrogen and oxygen atoms in total. The Morgan fingerprint density at radius 1 is 1.35 bits per heavy atom. The molecule has 0 aliphatic carbocycles. The van der Waals surface area contributed by atoms with Crippen molar-refractivity contribution in [3.05, 3.63) is 35.7 Å². The molecule has 0 saturated carbocycles. The van der Waals surface area contributed by atoms with E-state index in [0.29, 0.717) is 5.56 Å². The van der Waals surface area contributed by atoms with E-state index in [-0.39, 0.29) is 31.4 Å². The molecule has 0 spiro atoms. The molecule has 0 aliphatic rings. The van der Waals surface area contributed by atoms with E-state index in [1.807, 2.05) is 0 Å². The second-order valence-corrected chi connectivity index (χ2v) is 5.48. The molecule has 2 aromatic rings. The van der Waals surface area contributed by atoms with Gasteiger partial charge in [-0.3, -0.25) is 4.79 Å². The number of aliphatic hydroxyl groups excluding tert-OH is 1. The minimum atomic E-state index is -4.70. The van der Waals surface area contributed by atoms with Gasteiger partial charge in [0.25, 0.3) is 5.91 Å². The van der Waals surface area contributed by atoms with Crippen LogP contribution in [0.25, 0.3) is 11.4 Å². The molecule has 0 saturated heterocycles. The molecule has 142 valence electrons. The molecule has 0 radical (unpaired) electrons. The topological polar surface area (TPSA) is 88.7 Å². The van der Waals surface area contributed by atoms with Gasteiger partial charge in [0, 0.05) is 25.8 Å². The van der Waals surface area contributed by atoms with Crippen LogP contribution in [0.2, 0.25) is 0 Å². The lowest BCUT2D eigenvalue weighted by atomic mass is 10.1. The average Bonchev–Trinajstić information content (AvgIpc) is 3.11. The van der Waals surface area contributed by atoms with Gasteiger partial charge in [-0.05, 0) is 12.5 Å². The first kappa shape index (κ1) is 19.9. The minimum Gasteiger partial charge on any atom is -0.395 e. The summed E-state index contributed by atoms with van der Waals surface area (Å²) in [6.07, 6.45) is -5.35. The largest absolute Gasteiger partial charge is 0.471 e. The SMILES string of the molecule is COC(C)C(=O)N(CCO)Cc1ccc(-c2noc(C(F)(F)F)n2)cc1. The summed E-state index contributed by atoms with van der Waals surface area (Å²) in [6.45, 7) is 1.75. The molecule has 2 rings (SSSR count). The van der Waals surface area contributed by atoms with Crippen LogP contribution >= 0.6 is 0 Å². The Morgan fingerprint density at radius 2 is 2.00 bits per heavy atom. The Balaban J connectivity index is 2.13. The number of carbonyl (C=O) groups is 1. The number of aliphatic hydroxyl groups is 1. The van der Waals surface area contributed by atoms with E-state index >= 15 is 0 Å². The molecule has 1 amide bonds. The van der Waals surface area contributed by atoms with E-state index in [1.165, 1.54) is 24.1 Å². The Hall–Kier alpha value is -2.46. The number of halogens is 3. The fourth-order valence-corrected chi connectivity index (χ4v) is 2.18. The Kier molecular flexibility index (Phi) is 6.32. The first-order valence-electron chi connectivity index (χ1n) is 7.69. The zero-order valence-corrected chi connectivity index (χ0v) is 14.2. The van der Waals surface area contributed by atoms with E-state index in [0.717, 1.165) is 5.56 Å². The third-order valence-corrected chi connectivity index (χ3v) is 3.64. The lowest BCUT2D eigenvalue weighted by Crippen LogP contribution is -2.39. The number of methoxy groups -OCH3 is 1. The van der Waals surface area contributed by atoms with Crippen molar-refractivity contribution in [2.24, 2.45) is 0 Å². The highest BCUT2D eigenvalue weighted by atomic mass is 19.4. The monoisotopic (exact) mass is 373 g/mol. The number of alkyl halides is 3. The molecule has 0 fully saturated rings. The smallest absolute Gasteiger partial charge is 0.395 e. The maximum atomic E-state index is 12.5.